The van der Waals surface area contributed by atoms with Gasteiger partial charge in [-0.3, -0.25) is 4.79 Å². The quantitative estimate of drug-likeness (QED) is 0.890. The number of benzene rings is 1. The fraction of sp³-hybridized carbons (Fsp3) is 0.500. The Balaban J connectivity index is 2.20. The molecule has 0 saturated heterocycles. The van der Waals surface area contributed by atoms with Crippen LogP contribution in [0.4, 0.5) is 4.39 Å². The van der Waals surface area contributed by atoms with Crippen molar-refractivity contribution in [2.75, 3.05) is 13.1 Å². The van der Waals surface area contributed by atoms with Gasteiger partial charge < -0.3 is 10.6 Å². The maximum Gasteiger partial charge on any atom is 0.257 e. The number of rotatable bonds is 4. The number of hydrogen-bond donors (Lipinski definition) is 1. The lowest BCUT2D eigenvalue weighted by atomic mass is 10.1. The fourth-order valence-electron chi connectivity index (χ4n) is 2.59. The number of carbonyl (C=O) groups is 1. The van der Waals surface area contributed by atoms with Crippen LogP contribution in [0, 0.1) is 5.82 Å². The first kappa shape index (κ1) is 13.0. The number of carbonyl (C=O) groups excluding carboxylic acids is 1. The molecule has 2 N–H and O–H groups in total. The first-order chi connectivity index (χ1) is 8.74. The summed E-state index contributed by atoms with van der Waals surface area (Å²) in [6.45, 7) is 0.911. The molecule has 1 saturated carbocycles. The third-order valence-electron chi connectivity index (χ3n) is 3.50. The highest BCUT2D eigenvalue weighted by atomic mass is 19.1. The first-order valence-electron chi connectivity index (χ1n) is 6.49. The molecule has 98 valence electrons. The van der Waals surface area contributed by atoms with Crippen LogP contribution in [0.25, 0.3) is 0 Å². The van der Waals surface area contributed by atoms with Gasteiger partial charge in [0.15, 0.2) is 0 Å². The number of hydrogen-bond acceptors (Lipinski definition) is 2. The molecule has 0 aliphatic heterocycles. The lowest BCUT2D eigenvalue weighted by Gasteiger charge is -2.28. The second kappa shape index (κ2) is 5.96. The monoisotopic (exact) mass is 250 g/mol. The Hall–Kier alpha value is -1.42. The summed E-state index contributed by atoms with van der Waals surface area (Å²) in [6, 6.07) is 6.36. The number of halogens is 1. The topological polar surface area (TPSA) is 46.3 Å². The van der Waals surface area contributed by atoms with Gasteiger partial charge in [0, 0.05) is 19.1 Å². The van der Waals surface area contributed by atoms with Crippen LogP contribution in [0.1, 0.15) is 36.0 Å². The van der Waals surface area contributed by atoms with E-state index in [0.717, 1.165) is 25.7 Å². The van der Waals surface area contributed by atoms with Crippen LogP contribution in [0.2, 0.25) is 0 Å². The molecule has 1 fully saturated rings. The summed E-state index contributed by atoms with van der Waals surface area (Å²) < 4.78 is 13.6. The van der Waals surface area contributed by atoms with Gasteiger partial charge in [0.25, 0.3) is 5.91 Å². The Morgan fingerprint density at radius 2 is 2.00 bits per heavy atom. The Kier molecular flexibility index (Phi) is 4.31. The minimum atomic E-state index is -0.456. The van der Waals surface area contributed by atoms with Gasteiger partial charge in [0.2, 0.25) is 0 Å². The van der Waals surface area contributed by atoms with Gasteiger partial charge in [-0.2, -0.15) is 0 Å². The van der Waals surface area contributed by atoms with Crippen LogP contribution in [0.3, 0.4) is 0 Å². The highest BCUT2D eigenvalue weighted by molar-refractivity contribution is 5.94. The van der Waals surface area contributed by atoms with Crippen molar-refractivity contribution in [3.8, 4) is 0 Å². The van der Waals surface area contributed by atoms with Crippen LogP contribution in [-0.2, 0) is 0 Å². The molecule has 1 aromatic carbocycles. The average molecular weight is 250 g/mol. The zero-order valence-corrected chi connectivity index (χ0v) is 10.4. The number of nitrogens with two attached hydrogens (primary N) is 1. The molecule has 0 radical (unpaired) electrons. The standard InChI is InChI=1S/C14H19FN2O/c15-13-8-4-3-7-12(13)14(18)17(10-9-16)11-5-1-2-6-11/h3-4,7-8,11H,1-2,5-6,9-10,16H2. The summed E-state index contributed by atoms with van der Waals surface area (Å²) >= 11 is 0. The minimum absolute atomic E-state index is 0.151. The molecule has 1 aromatic rings. The smallest absolute Gasteiger partial charge is 0.257 e. The molecular formula is C14H19FN2O. The fourth-order valence-corrected chi connectivity index (χ4v) is 2.59. The Morgan fingerprint density at radius 3 is 2.61 bits per heavy atom. The van der Waals surface area contributed by atoms with Crippen LogP contribution in [0.15, 0.2) is 24.3 Å². The Morgan fingerprint density at radius 1 is 1.33 bits per heavy atom. The highest BCUT2D eigenvalue weighted by Gasteiger charge is 2.27. The van der Waals surface area contributed by atoms with Crippen LogP contribution < -0.4 is 5.73 Å². The number of nitrogens with zero attached hydrogens (tertiary/aromatic N) is 1. The van der Waals surface area contributed by atoms with Gasteiger partial charge in [0.05, 0.1) is 5.56 Å². The summed E-state index contributed by atoms with van der Waals surface area (Å²) in [5.41, 5.74) is 5.71. The lowest BCUT2D eigenvalue weighted by molar-refractivity contribution is 0.0683. The van der Waals surface area contributed by atoms with E-state index in [2.05, 4.69) is 0 Å². The molecule has 0 unspecified atom stereocenters. The molecule has 1 aliphatic carbocycles. The third kappa shape index (κ3) is 2.70. The number of amides is 1. The van der Waals surface area contributed by atoms with Crippen LogP contribution >= 0.6 is 0 Å². The molecule has 18 heavy (non-hydrogen) atoms. The van der Waals surface area contributed by atoms with E-state index < -0.39 is 5.82 Å². The Bertz CT molecular complexity index is 416. The maximum atomic E-state index is 13.6. The SMILES string of the molecule is NCCN(C(=O)c1ccccc1F)C1CCCC1. The Labute approximate surface area is 107 Å². The van der Waals surface area contributed by atoms with Gasteiger partial charge in [-0.1, -0.05) is 25.0 Å². The van der Waals surface area contributed by atoms with Crippen molar-refractivity contribution in [2.24, 2.45) is 5.73 Å². The summed E-state index contributed by atoms with van der Waals surface area (Å²) in [4.78, 5) is 14.1. The van der Waals surface area contributed by atoms with Crippen molar-refractivity contribution in [1.29, 1.82) is 0 Å². The second-order valence-corrected chi connectivity index (χ2v) is 4.71. The van der Waals surface area contributed by atoms with Crippen molar-refractivity contribution < 1.29 is 9.18 Å². The van der Waals surface area contributed by atoms with Crippen LogP contribution in [0.5, 0.6) is 0 Å². The molecule has 1 amide bonds. The lowest BCUT2D eigenvalue weighted by Crippen LogP contribution is -2.42. The molecule has 0 aromatic heterocycles. The van der Waals surface area contributed by atoms with Gasteiger partial charge in [0.1, 0.15) is 5.82 Å². The van der Waals surface area contributed by atoms with E-state index in [9.17, 15) is 9.18 Å². The van der Waals surface area contributed by atoms with Gasteiger partial charge in [-0.15, -0.1) is 0 Å². The summed E-state index contributed by atoms with van der Waals surface area (Å²) in [5.74, 6) is -0.687. The molecule has 1 aliphatic rings. The van der Waals surface area contributed by atoms with E-state index in [1.807, 2.05) is 0 Å². The predicted octanol–water partition coefficient (Wildman–Crippen LogP) is 2.17. The molecule has 2 rings (SSSR count). The third-order valence-corrected chi connectivity index (χ3v) is 3.50. The van der Waals surface area contributed by atoms with E-state index in [4.69, 9.17) is 5.73 Å². The molecule has 4 heteroatoms. The van der Waals surface area contributed by atoms with E-state index >= 15 is 0 Å². The minimum Gasteiger partial charge on any atom is -0.334 e. The second-order valence-electron chi connectivity index (χ2n) is 4.71. The molecule has 0 bridgehead atoms. The zero-order chi connectivity index (χ0) is 13.0. The van der Waals surface area contributed by atoms with E-state index in [1.54, 1.807) is 17.0 Å². The van der Waals surface area contributed by atoms with Crippen molar-refractivity contribution in [1.82, 2.24) is 4.90 Å². The molecule has 0 atom stereocenters. The van der Waals surface area contributed by atoms with Crippen LogP contribution in [-0.4, -0.2) is 29.9 Å². The molecule has 0 spiro atoms. The summed E-state index contributed by atoms with van der Waals surface area (Å²) in [6.07, 6.45) is 4.27. The summed E-state index contributed by atoms with van der Waals surface area (Å²) in [5, 5.41) is 0. The summed E-state index contributed by atoms with van der Waals surface area (Å²) in [7, 11) is 0. The highest BCUT2D eigenvalue weighted by Crippen LogP contribution is 2.25. The zero-order valence-electron chi connectivity index (χ0n) is 10.4. The molecular weight excluding hydrogens is 231 g/mol. The predicted molar refractivity (Wildman–Crippen MR) is 68.7 cm³/mol. The van der Waals surface area contributed by atoms with Gasteiger partial charge in [-0.25, -0.2) is 4.39 Å². The molecule has 3 nitrogen and oxygen atoms in total. The average Bonchev–Trinajstić information content (AvgIpc) is 2.89. The molecule has 0 heterocycles. The van der Waals surface area contributed by atoms with Crippen molar-refractivity contribution in [2.45, 2.75) is 31.7 Å². The van der Waals surface area contributed by atoms with Gasteiger partial charge >= 0.3 is 0 Å². The van der Waals surface area contributed by atoms with Crippen molar-refractivity contribution >= 4 is 5.91 Å². The van der Waals surface area contributed by atoms with E-state index in [-0.39, 0.29) is 17.5 Å². The first-order valence-corrected chi connectivity index (χ1v) is 6.49. The van der Waals surface area contributed by atoms with Gasteiger partial charge in [-0.05, 0) is 25.0 Å². The van der Waals surface area contributed by atoms with E-state index in [1.165, 1.54) is 12.1 Å². The van der Waals surface area contributed by atoms with Crippen molar-refractivity contribution in [3.63, 3.8) is 0 Å². The van der Waals surface area contributed by atoms with E-state index in [0.29, 0.717) is 13.1 Å². The largest absolute Gasteiger partial charge is 0.334 e. The maximum absolute atomic E-state index is 13.6. The normalized spacial score (nSPS) is 15.9. The van der Waals surface area contributed by atoms with Crippen molar-refractivity contribution in [3.05, 3.63) is 35.6 Å².